The molecular weight excluding hydrogens is 442 g/mol. The molecule has 8 nitrogen and oxygen atoms in total. The Hall–Kier alpha value is -3.33. The van der Waals surface area contributed by atoms with Crippen LogP contribution in [-0.4, -0.2) is 43.5 Å². The number of carbonyl (C=O) groups is 3. The minimum absolute atomic E-state index is 0.0807. The normalized spacial score (nSPS) is 14.7. The van der Waals surface area contributed by atoms with Crippen LogP contribution in [0.15, 0.2) is 52.6 Å². The van der Waals surface area contributed by atoms with Gasteiger partial charge < -0.3 is 20.1 Å². The monoisotopic (exact) mass is 459 g/mol. The molecule has 0 radical (unpaired) electrons. The summed E-state index contributed by atoms with van der Waals surface area (Å²) >= 11 is 3.37. The third kappa shape index (κ3) is 4.57. The van der Waals surface area contributed by atoms with Gasteiger partial charge in [-0.25, -0.2) is 9.69 Å². The van der Waals surface area contributed by atoms with Gasteiger partial charge in [0.2, 0.25) is 5.91 Å². The predicted octanol–water partition coefficient (Wildman–Crippen LogP) is 3.00. The number of methoxy groups -OCH3 is 2. The maximum atomic E-state index is 12.6. The SMILES string of the molecule is COc1ccc(/C=C2/NC(=O)N(CC(=O)Nc3ccccc3OC)C2=O)cc1Br. The summed E-state index contributed by atoms with van der Waals surface area (Å²) in [5.41, 5.74) is 1.21. The highest BCUT2D eigenvalue weighted by Crippen LogP contribution is 2.27. The smallest absolute Gasteiger partial charge is 0.329 e. The van der Waals surface area contributed by atoms with Gasteiger partial charge in [-0.15, -0.1) is 0 Å². The van der Waals surface area contributed by atoms with Gasteiger partial charge in [0.1, 0.15) is 23.7 Å². The van der Waals surface area contributed by atoms with Crippen LogP contribution in [0.2, 0.25) is 0 Å². The summed E-state index contributed by atoms with van der Waals surface area (Å²) in [6.07, 6.45) is 1.53. The fourth-order valence-corrected chi connectivity index (χ4v) is 3.29. The van der Waals surface area contributed by atoms with Gasteiger partial charge in [0.15, 0.2) is 0 Å². The summed E-state index contributed by atoms with van der Waals surface area (Å²) in [7, 11) is 3.03. The molecule has 1 saturated heterocycles. The minimum atomic E-state index is -0.663. The molecule has 150 valence electrons. The van der Waals surface area contributed by atoms with Crippen molar-refractivity contribution in [2.75, 3.05) is 26.1 Å². The lowest BCUT2D eigenvalue weighted by Gasteiger charge is -2.13. The van der Waals surface area contributed by atoms with Gasteiger partial charge in [-0.2, -0.15) is 0 Å². The zero-order chi connectivity index (χ0) is 21.0. The lowest BCUT2D eigenvalue weighted by atomic mass is 10.2. The van der Waals surface area contributed by atoms with Crippen LogP contribution in [0.4, 0.5) is 10.5 Å². The average Bonchev–Trinajstić information content (AvgIpc) is 2.96. The average molecular weight is 460 g/mol. The fraction of sp³-hybridized carbons (Fsp3) is 0.150. The number of amides is 4. The molecule has 0 spiro atoms. The quantitative estimate of drug-likeness (QED) is 0.511. The number of para-hydroxylation sites is 2. The first-order chi connectivity index (χ1) is 13.9. The minimum Gasteiger partial charge on any atom is -0.496 e. The maximum absolute atomic E-state index is 12.6. The lowest BCUT2D eigenvalue weighted by molar-refractivity contribution is -0.127. The molecule has 0 unspecified atom stereocenters. The Kier molecular flexibility index (Phi) is 6.18. The first-order valence-corrected chi connectivity index (χ1v) is 9.33. The van der Waals surface area contributed by atoms with Crippen molar-refractivity contribution in [1.82, 2.24) is 10.2 Å². The molecule has 0 aromatic heterocycles. The number of nitrogens with one attached hydrogen (secondary N) is 2. The molecule has 4 amide bonds. The molecule has 0 bridgehead atoms. The maximum Gasteiger partial charge on any atom is 0.329 e. The van der Waals surface area contributed by atoms with E-state index < -0.39 is 24.4 Å². The van der Waals surface area contributed by atoms with Crippen molar-refractivity contribution in [3.05, 3.63) is 58.2 Å². The Bertz CT molecular complexity index is 1010. The highest BCUT2D eigenvalue weighted by atomic mass is 79.9. The molecule has 2 aromatic rings. The summed E-state index contributed by atoms with van der Waals surface area (Å²) in [6, 6.07) is 11.4. The van der Waals surface area contributed by atoms with Crippen LogP contribution < -0.4 is 20.1 Å². The van der Waals surface area contributed by atoms with Crippen LogP contribution in [0.5, 0.6) is 11.5 Å². The molecule has 2 aromatic carbocycles. The predicted molar refractivity (Wildman–Crippen MR) is 111 cm³/mol. The van der Waals surface area contributed by atoms with Crippen molar-refractivity contribution in [3.63, 3.8) is 0 Å². The van der Waals surface area contributed by atoms with Crippen LogP contribution in [0, 0.1) is 0 Å². The summed E-state index contributed by atoms with van der Waals surface area (Å²) < 4.78 is 11.0. The Morgan fingerprint density at radius 3 is 2.55 bits per heavy atom. The zero-order valence-corrected chi connectivity index (χ0v) is 17.3. The van der Waals surface area contributed by atoms with Crippen molar-refractivity contribution >= 4 is 45.5 Å². The van der Waals surface area contributed by atoms with Crippen LogP contribution in [-0.2, 0) is 9.59 Å². The number of nitrogens with zero attached hydrogens (tertiary/aromatic N) is 1. The highest BCUT2D eigenvalue weighted by Gasteiger charge is 2.35. The molecule has 0 saturated carbocycles. The van der Waals surface area contributed by atoms with Gasteiger partial charge in [-0.05, 0) is 51.8 Å². The van der Waals surface area contributed by atoms with Crippen LogP contribution in [0.3, 0.4) is 0 Å². The van der Waals surface area contributed by atoms with Gasteiger partial charge in [-0.3, -0.25) is 9.59 Å². The topological polar surface area (TPSA) is 97.0 Å². The number of urea groups is 1. The number of hydrogen-bond acceptors (Lipinski definition) is 5. The molecule has 3 rings (SSSR count). The molecule has 29 heavy (non-hydrogen) atoms. The standard InChI is InChI=1S/C20H18BrN3O5/c1-28-16-8-7-12(9-13(16)21)10-15-19(26)24(20(27)23-15)11-18(25)22-14-5-3-4-6-17(14)29-2/h3-10H,11H2,1-2H3,(H,22,25)(H,23,27)/b15-10+. The Balaban J connectivity index is 1.72. The van der Waals surface area contributed by atoms with E-state index in [1.807, 2.05) is 0 Å². The van der Waals surface area contributed by atoms with E-state index in [1.165, 1.54) is 13.2 Å². The first-order valence-electron chi connectivity index (χ1n) is 8.54. The molecule has 1 aliphatic rings. The van der Waals surface area contributed by atoms with Crippen molar-refractivity contribution in [1.29, 1.82) is 0 Å². The highest BCUT2D eigenvalue weighted by molar-refractivity contribution is 9.10. The van der Waals surface area contributed by atoms with Gasteiger partial charge >= 0.3 is 6.03 Å². The van der Waals surface area contributed by atoms with Gasteiger partial charge in [0, 0.05) is 0 Å². The number of anilines is 1. The second-order valence-corrected chi connectivity index (χ2v) is 6.88. The number of ether oxygens (including phenoxy) is 2. The Morgan fingerprint density at radius 1 is 1.14 bits per heavy atom. The Labute approximate surface area is 175 Å². The lowest BCUT2D eigenvalue weighted by Crippen LogP contribution is -2.38. The van der Waals surface area contributed by atoms with Gasteiger partial charge in [0.25, 0.3) is 5.91 Å². The van der Waals surface area contributed by atoms with Crippen LogP contribution >= 0.6 is 15.9 Å². The summed E-state index contributed by atoms with van der Waals surface area (Å²) in [5.74, 6) is 0.0100. The molecule has 1 heterocycles. The zero-order valence-electron chi connectivity index (χ0n) is 15.7. The number of rotatable bonds is 6. The second kappa shape index (κ2) is 8.78. The van der Waals surface area contributed by atoms with E-state index in [2.05, 4.69) is 26.6 Å². The third-order valence-corrected chi connectivity index (χ3v) is 4.75. The molecule has 0 atom stereocenters. The van der Waals surface area contributed by atoms with E-state index in [0.717, 1.165) is 4.90 Å². The molecule has 0 aliphatic carbocycles. The number of benzene rings is 2. The van der Waals surface area contributed by atoms with E-state index >= 15 is 0 Å². The number of imide groups is 1. The van der Waals surface area contributed by atoms with Gasteiger partial charge in [-0.1, -0.05) is 18.2 Å². The van der Waals surface area contributed by atoms with E-state index in [-0.39, 0.29) is 5.70 Å². The number of carbonyl (C=O) groups excluding carboxylic acids is 3. The molecule has 9 heteroatoms. The molecular formula is C20H18BrN3O5. The molecule has 1 aliphatic heterocycles. The van der Waals surface area contributed by atoms with E-state index in [4.69, 9.17) is 9.47 Å². The van der Waals surface area contributed by atoms with Crippen LogP contribution in [0.25, 0.3) is 6.08 Å². The fourth-order valence-electron chi connectivity index (χ4n) is 2.74. The van der Waals surface area contributed by atoms with Crippen molar-refractivity contribution in [2.45, 2.75) is 0 Å². The summed E-state index contributed by atoms with van der Waals surface area (Å²) in [6.45, 7) is -0.424. The van der Waals surface area contributed by atoms with E-state index in [1.54, 1.807) is 49.6 Å². The second-order valence-electron chi connectivity index (χ2n) is 6.02. The van der Waals surface area contributed by atoms with E-state index in [9.17, 15) is 14.4 Å². The van der Waals surface area contributed by atoms with Crippen molar-refractivity contribution in [2.24, 2.45) is 0 Å². The van der Waals surface area contributed by atoms with Crippen molar-refractivity contribution in [3.8, 4) is 11.5 Å². The van der Waals surface area contributed by atoms with E-state index in [0.29, 0.717) is 27.2 Å². The largest absolute Gasteiger partial charge is 0.496 e. The number of halogens is 1. The van der Waals surface area contributed by atoms with Crippen LogP contribution in [0.1, 0.15) is 5.56 Å². The van der Waals surface area contributed by atoms with Gasteiger partial charge in [0.05, 0.1) is 24.4 Å². The summed E-state index contributed by atoms with van der Waals surface area (Å²) in [4.78, 5) is 37.9. The Morgan fingerprint density at radius 2 is 1.86 bits per heavy atom. The summed E-state index contributed by atoms with van der Waals surface area (Å²) in [5, 5.41) is 5.13. The first kappa shape index (κ1) is 20.4. The van der Waals surface area contributed by atoms with Crippen molar-refractivity contribution < 1.29 is 23.9 Å². The third-order valence-electron chi connectivity index (χ3n) is 4.13. The molecule has 1 fully saturated rings. The number of hydrogen-bond donors (Lipinski definition) is 2. The molecule has 2 N–H and O–H groups in total.